The lowest BCUT2D eigenvalue weighted by molar-refractivity contribution is -0.0144. The van der Waals surface area contributed by atoms with Crippen molar-refractivity contribution in [2.24, 2.45) is 39.9 Å². The minimum absolute atomic E-state index is 0.0526. The van der Waals surface area contributed by atoms with E-state index in [0.29, 0.717) is 52.6 Å². The Morgan fingerprint density at radius 2 is 0.771 bits per heavy atom. The predicted octanol–water partition coefficient (Wildman–Crippen LogP) is 14.1. The maximum atomic E-state index is 9.14. The molecule has 4 aliphatic rings. The highest BCUT2D eigenvalue weighted by atomic mass is 16.5. The molecule has 4 aliphatic heterocycles. The molecular formula is C69H123N13O. The van der Waals surface area contributed by atoms with Gasteiger partial charge in [0.05, 0.1) is 65.5 Å². The predicted molar refractivity (Wildman–Crippen MR) is 346 cm³/mol. The fourth-order valence-corrected chi connectivity index (χ4v) is 12.7. The molecule has 4 aromatic rings. The van der Waals surface area contributed by atoms with Crippen LogP contribution >= 0.6 is 0 Å². The Bertz CT molecular complexity index is 2450. The summed E-state index contributed by atoms with van der Waals surface area (Å²) in [5.41, 5.74) is 6.18. The number of hydrogen-bond acceptors (Lipinski definition) is 10. The summed E-state index contributed by atoms with van der Waals surface area (Å²) in [6.45, 7) is 56.2. The highest BCUT2D eigenvalue weighted by molar-refractivity contribution is 5.09. The van der Waals surface area contributed by atoms with Gasteiger partial charge >= 0.3 is 0 Å². The standard InChI is InChI=1S/C18H33N3.C17H28N4.C17H31N3O.C17H31N3/c1-15(2)11-16-12-19-21(13-16)18(6)7-9-20(10-8-18)14-17(3,4)5;1-14(2)9-15-10-19-21(11-15)16-5-7-20(8-6-16)13-17(3,4)12-18;1-14(2)10-15-11-18-20(12-15)16-6-8-19(9-7-16)13-17(3,4)21-5;1-14(2)10-15-11-18-20(12-15)16-6-8-19(9-7-16)13-17(3,4)5/h12-13,15H,7-11,14H2,1-6H3;10-11,14,16H,5-9,13H2,1-4H3;11-12,14,16H,6-10,13H2,1-5H3;11-12,14,16H,6-10,13H2,1-5H3. The van der Waals surface area contributed by atoms with E-state index in [1.807, 2.05) is 26.2 Å². The number of hydrogen-bond donors (Lipinski definition) is 0. The van der Waals surface area contributed by atoms with Crippen LogP contribution in [0.25, 0.3) is 0 Å². The summed E-state index contributed by atoms with van der Waals surface area (Å²) in [6, 6.07) is 4.08. The smallest absolute Gasteiger partial charge is 0.0749 e. The van der Waals surface area contributed by atoms with E-state index in [1.165, 1.54) is 100 Å². The average molecular weight is 1150 g/mol. The third-order valence-corrected chi connectivity index (χ3v) is 16.9. The molecule has 0 bridgehead atoms. The van der Waals surface area contributed by atoms with Gasteiger partial charge in [-0.05, 0) is 168 Å². The molecule has 4 saturated heterocycles. The second kappa shape index (κ2) is 31.7. The third kappa shape index (κ3) is 25.2. The molecule has 470 valence electrons. The molecule has 4 aromatic heterocycles. The molecule has 0 radical (unpaired) electrons. The number of nitrogens with zero attached hydrogens (tertiary/aromatic N) is 13. The molecule has 8 rings (SSSR count). The summed E-state index contributed by atoms with van der Waals surface area (Å²) < 4.78 is 14.3. The molecule has 0 aromatic carbocycles. The van der Waals surface area contributed by atoms with Gasteiger partial charge in [0.15, 0.2) is 0 Å². The molecule has 14 nitrogen and oxygen atoms in total. The zero-order chi connectivity index (χ0) is 61.3. The van der Waals surface area contributed by atoms with Crippen molar-refractivity contribution in [1.29, 1.82) is 5.26 Å². The fourth-order valence-electron chi connectivity index (χ4n) is 12.7. The first-order valence-electron chi connectivity index (χ1n) is 32.8. The van der Waals surface area contributed by atoms with Crippen molar-refractivity contribution in [3.05, 3.63) is 71.8 Å². The van der Waals surface area contributed by atoms with Crippen LogP contribution in [0.4, 0.5) is 0 Å². The minimum atomic E-state index is -0.247. The van der Waals surface area contributed by atoms with Gasteiger partial charge in [-0.25, -0.2) is 0 Å². The molecule has 0 spiro atoms. The zero-order valence-electron chi connectivity index (χ0n) is 56.9. The fraction of sp³-hybridized carbons (Fsp3) is 0.812. The number of ether oxygens (including phenoxy) is 1. The summed E-state index contributed by atoms with van der Waals surface area (Å²) in [5, 5.41) is 27.5. The van der Waals surface area contributed by atoms with E-state index in [1.54, 1.807) is 7.11 Å². The Morgan fingerprint density at radius 1 is 0.470 bits per heavy atom. The van der Waals surface area contributed by atoms with Gasteiger partial charge in [0, 0.05) is 110 Å². The molecule has 83 heavy (non-hydrogen) atoms. The van der Waals surface area contributed by atoms with Crippen LogP contribution in [0.1, 0.15) is 223 Å². The highest BCUT2D eigenvalue weighted by Crippen LogP contribution is 2.32. The van der Waals surface area contributed by atoms with Crippen LogP contribution in [0.15, 0.2) is 49.6 Å². The number of methoxy groups -OCH3 is 1. The van der Waals surface area contributed by atoms with Gasteiger partial charge in [-0.15, -0.1) is 0 Å². The second-order valence-electron chi connectivity index (χ2n) is 31.5. The maximum Gasteiger partial charge on any atom is 0.0749 e. The zero-order valence-corrected chi connectivity index (χ0v) is 56.9. The molecule has 0 unspecified atom stereocenters. The first-order valence-corrected chi connectivity index (χ1v) is 32.8. The van der Waals surface area contributed by atoms with Crippen molar-refractivity contribution in [3.63, 3.8) is 0 Å². The number of likely N-dealkylation sites (tertiary alicyclic amines) is 4. The Balaban J connectivity index is 0.000000203. The molecule has 0 saturated carbocycles. The Hall–Kier alpha value is -3.87. The van der Waals surface area contributed by atoms with E-state index in [4.69, 9.17) is 10.00 Å². The van der Waals surface area contributed by atoms with Gasteiger partial charge in [-0.2, -0.15) is 25.7 Å². The van der Waals surface area contributed by atoms with Crippen molar-refractivity contribution in [2.75, 3.05) is 85.6 Å². The summed E-state index contributed by atoms with van der Waals surface area (Å²) >= 11 is 0. The summed E-state index contributed by atoms with van der Waals surface area (Å²) in [4.78, 5) is 10.1. The van der Waals surface area contributed by atoms with Crippen LogP contribution in [-0.4, -0.2) is 150 Å². The van der Waals surface area contributed by atoms with E-state index in [0.717, 1.165) is 77.8 Å². The number of nitriles is 1. The summed E-state index contributed by atoms with van der Waals surface area (Å²) in [7, 11) is 1.80. The van der Waals surface area contributed by atoms with E-state index >= 15 is 0 Å². The van der Waals surface area contributed by atoms with Gasteiger partial charge in [0.25, 0.3) is 0 Å². The summed E-state index contributed by atoms with van der Waals surface area (Å²) in [6.07, 6.45) is 31.2. The van der Waals surface area contributed by atoms with Crippen LogP contribution < -0.4 is 0 Å². The molecule has 8 heterocycles. The van der Waals surface area contributed by atoms with E-state index in [9.17, 15) is 0 Å². The van der Waals surface area contributed by atoms with Gasteiger partial charge < -0.3 is 24.3 Å². The highest BCUT2D eigenvalue weighted by Gasteiger charge is 2.34. The molecule has 0 aliphatic carbocycles. The molecule has 14 heteroatoms. The normalized spacial score (nSPS) is 18.9. The SMILES string of the molecule is CC(C)Cc1cnn(C2(C)CCN(CC(C)(C)C)CC2)c1.CC(C)Cc1cnn(C2CCN(CC(C)(C)C#N)CC2)c1.CC(C)Cc1cnn(C2CCN(CC(C)(C)C)CC2)c1.COC(C)(C)CN1CCC(n2cc(CC(C)C)cn2)CC1. The van der Waals surface area contributed by atoms with E-state index in [2.05, 4.69) is 220 Å². The molecule has 0 atom stereocenters. The topological polar surface area (TPSA) is 117 Å². The number of piperidine rings is 4. The first kappa shape index (κ1) is 69.9. The second-order valence-corrected chi connectivity index (χ2v) is 31.5. The van der Waals surface area contributed by atoms with E-state index < -0.39 is 0 Å². The minimum Gasteiger partial charge on any atom is -0.377 e. The van der Waals surface area contributed by atoms with Crippen molar-refractivity contribution < 1.29 is 4.74 Å². The third-order valence-electron chi connectivity index (χ3n) is 16.9. The Labute approximate surface area is 507 Å². The average Bonchev–Trinajstić information content (AvgIpc) is 4.29. The monoisotopic (exact) mass is 1150 g/mol. The van der Waals surface area contributed by atoms with Crippen molar-refractivity contribution in [1.82, 2.24) is 58.7 Å². The quantitative estimate of drug-likeness (QED) is 0.0898. The van der Waals surface area contributed by atoms with E-state index in [-0.39, 0.29) is 16.6 Å². The first-order chi connectivity index (χ1) is 38.8. The summed E-state index contributed by atoms with van der Waals surface area (Å²) in [5.74, 6) is 2.78. The molecule has 0 amide bonds. The molecule has 0 N–H and O–H groups in total. The lowest BCUT2D eigenvalue weighted by Gasteiger charge is -2.41. The number of aromatic nitrogens is 8. The molecular weight excluding hydrogens is 1030 g/mol. The Morgan fingerprint density at radius 3 is 1.08 bits per heavy atom. The molecule has 4 fully saturated rings. The van der Waals surface area contributed by atoms with Crippen LogP contribution in [-0.2, 0) is 36.0 Å². The van der Waals surface area contributed by atoms with Crippen molar-refractivity contribution in [2.45, 2.75) is 238 Å². The number of rotatable bonds is 19. The van der Waals surface area contributed by atoms with Crippen LogP contribution in [0.3, 0.4) is 0 Å². The maximum absolute atomic E-state index is 9.14. The van der Waals surface area contributed by atoms with Crippen LogP contribution in [0.5, 0.6) is 0 Å². The van der Waals surface area contributed by atoms with Gasteiger partial charge in [-0.3, -0.25) is 18.7 Å². The lowest BCUT2D eigenvalue weighted by Crippen LogP contribution is -2.46. The Kier molecular flexibility index (Phi) is 26.7. The lowest BCUT2D eigenvalue weighted by atomic mass is 9.87. The van der Waals surface area contributed by atoms with Crippen molar-refractivity contribution >= 4 is 0 Å². The van der Waals surface area contributed by atoms with Crippen LogP contribution in [0.2, 0.25) is 0 Å². The van der Waals surface area contributed by atoms with Crippen LogP contribution in [0, 0.1) is 51.2 Å². The largest absolute Gasteiger partial charge is 0.377 e. The van der Waals surface area contributed by atoms with Crippen molar-refractivity contribution in [3.8, 4) is 6.07 Å². The van der Waals surface area contributed by atoms with Gasteiger partial charge in [0.2, 0.25) is 0 Å². The van der Waals surface area contributed by atoms with Gasteiger partial charge in [-0.1, -0.05) is 96.9 Å². The van der Waals surface area contributed by atoms with Gasteiger partial charge in [0.1, 0.15) is 0 Å².